The van der Waals surface area contributed by atoms with Crippen molar-refractivity contribution in [1.82, 2.24) is 9.88 Å². The van der Waals surface area contributed by atoms with E-state index >= 15 is 0 Å². The van der Waals surface area contributed by atoms with E-state index in [1.165, 1.54) is 4.90 Å². The summed E-state index contributed by atoms with van der Waals surface area (Å²) < 4.78 is 5.34. The number of benzene rings is 2. The largest absolute Gasteiger partial charge is 0.495 e. The van der Waals surface area contributed by atoms with Gasteiger partial charge in [0.2, 0.25) is 0 Å². The molecule has 0 saturated heterocycles. The number of quaternary nitrogens is 1. The number of carbonyl (C=O) groups excluding carboxylic acids is 1. The van der Waals surface area contributed by atoms with Gasteiger partial charge in [-0.15, -0.1) is 0 Å². The fraction of sp³-hybridized carbons (Fsp3) is 0.333. The van der Waals surface area contributed by atoms with E-state index in [0.29, 0.717) is 23.5 Å². The molecule has 3 aromatic rings. The zero-order valence-corrected chi connectivity index (χ0v) is 18.8. The molecule has 1 aromatic heterocycles. The Morgan fingerprint density at radius 3 is 2.61 bits per heavy atom. The van der Waals surface area contributed by atoms with Crippen LogP contribution >= 0.6 is 0 Å². The van der Waals surface area contributed by atoms with Gasteiger partial charge in [-0.1, -0.05) is 24.3 Å². The zero-order chi connectivity index (χ0) is 22.5. The predicted octanol–water partition coefficient (Wildman–Crippen LogP) is 2.33. The molecule has 0 unspecified atom stereocenters. The van der Waals surface area contributed by atoms with Crippen LogP contribution in [-0.2, 0) is 6.54 Å². The van der Waals surface area contributed by atoms with E-state index in [0.717, 1.165) is 28.6 Å². The number of anilines is 1. The van der Waals surface area contributed by atoms with Gasteiger partial charge in [0.15, 0.2) is 0 Å². The Balaban J connectivity index is 1.90. The Morgan fingerprint density at radius 2 is 1.90 bits per heavy atom. The first-order chi connectivity index (χ1) is 14.8. The monoisotopic (exact) mass is 423 g/mol. The number of nitrogens with one attached hydrogen (secondary N) is 3. The van der Waals surface area contributed by atoms with E-state index in [4.69, 9.17) is 4.74 Å². The number of rotatable bonds is 7. The third-order valence-corrected chi connectivity index (χ3v) is 5.51. The molecule has 7 heteroatoms. The molecule has 7 nitrogen and oxygen atoms in total. The van der Waals surface area contributed by atoms with Crippen LogP contribution in [0.3, 0.4) is 0 Å². The summed E-state index contributed by atoms with van der Waals surface area (Å²) in [5.41, 5.74) is 4.01. The molecule has 0 fully saturated rings. The Hall–Kier alpha value is -3.32. The van der Waals surface area contributed by atoms with Crippen LogP contribution in [0.15, 0.2) is 47.3 Å². The Bertz CT molecular complexity index is 1140. The van der Waals surface area contributed by atoms with Gasteiger partial charge in [0.25, 0.3) is 5.56 Å². The fourth-order valence-corrected chi connectivity index (χ4v) is 3.45. The normalized spacial score (nSPS) is 11.0. The number of methoxy groups -OCH3 is 1. The number of hydrogen-bond acceptors (Lipinski definition) is 3. The molecule has 31 heavy (non-hydrogen) atoms. The van der Waals surface area contributed by atoms with Gasteiger partial charge in [0.05, 0.1) is 52.0 Å². The highest BCUT2D eigenvalue weighted by Gasteiger charge is 2.19. The first-order valence-corrected chi connectivity index (χ1v) is 10.4. The molecule has 0 saturated carbocycles. The molecule has 0 spiro atoms. The maximum atomic E-state index is 13.1. The lowest BCUT2D eigenvalue weighted by molar-refractivity contribution is -0.857. The van der Waals surface area contributed by atoms with Gasteiger partial charge in [0, 0.05) is 5.56 Å². The number of H-pyrrole nitrogens is 1. The lowest BCUT2D eigenvalue weighted by Crippen LogP contribution is -3.06. The smallest absolute Gasteiger partial charge is 0.322 e. The van der Waals surface area contributed by atoms with Crippen molar-refractivity contribution in [2.45, 2.75) is 20.4 Å². The van der Waals surface area contributed by atoms with Gasteiger partial charge in [-0.2, -0.15) is 0 Å². The lowest BCUT2D eigenvalue weighted by Gasteiger charge is -2.24. The van der Waals surface area contributed by atoms with Gasteiger partial charge >= 0.3 is 6.03 Å². The number of pyridine rings is 1. The minimum absolute atomic E-state index is 0.173. The van der Waals surface area contributed by atoms with Gasteiger partial charge < -0.3 is 24.8 Å². The first kappa shape index (κ1) is 22.4. The fourth-order valence-electron chi connectivity index (χ4n) is 3.45. The zero-order valence-electron chi connectivity index (χ0n) is 18.8. The highest BCUT2D eigenvalue weighted by molar-refractivity contribution is 5.91. The summed E-state index contributed by atoms with van der Waals surface area (Å²) in [7, 11) is 5.63. The number of ether oxygens (including phenoxy) is 1. The van der Waals surface area contributed by atoms with Crippen molar-refractivity contribution in [1.29, 1.82) is 0 Å². The molecule has 0 aliphatic carbocycles. The van der Waals surface area contributed by atoms with E-state index in [2.05, 4.69) is 10.3 Å². The van der Waals surface area contributed by atoms with Crippen LogP contribution in [0, 0.1) is 13.8 Å². The number of para-hydroxylation sites is 2. The van der Waals surface area contributed by atoms with Crippen molar-refractivity contribution >= 4 is 22.6 Å². The van der Waals surface area contributed by atoms with Crippen molar-refractivity contribution in [2.24, 2.45) is 0 Å². The number of fused-ring (bicyclic) bond motifs is 1. The number of urea groups is 1. The van der Waals surface area contributed by atoms with Crippen LogP contribution in [0.4, 0.5) is 10.5 Å². The minimum Gasteiger partial charge on any atom is -0.495 e. The summed E-state index contributed by atoms with van der Waals surface area (Å²) in [5, 5.41) is 3.88. The summed E-state index contributed by atoms with van der Waals surface area (Å²) in [6, 6.07) is 12.9. The highest BCUT2D eigenvalue weighted by Crippen LogP contribution is 2.24. The number of carbonyl (C=O) groups is 1. The second-order valence-electron chi connectivity index (χ2n) is 8.10. The van der Waals surface area contributed by atoms with Crippen LogP contribution in [0.2, 0.25) is 0 Å². The number of hydrogen-bond donors (Lipinski definition) is 3. The van der Waals surface area contributed by atoms with Crippen molar-refractivity contribution in [2.75, 3.05) is 39.6 Å². The van der Waals surface area contributed by atoms with Crippen LogP contribution in [0.25, 0.3) is 10.9 Å². The van der Waals surface area contributed by atoms with Crippen molar-refractivity contribution < 1.29 is 14.4 Å². The van der Waals surface area contributed by atoms with Gasteiger partial charge in [0.1, 0.15) is 5.75 Å². The number of nitrogens with zero attached hydrogens (tertiary/aromatic N) is 1. The number of aromatic amines is 1. The molecule has 3 rings (SSSR count). The number of aryl methyl sites for hydroxylation is 2. The maximum absolute atomic E-state index is 13.1. The predicted molar refractivity (Wildman–Crippen MR) is 124 cm³/mol. The molecule has 2 amide bonds. The third-order valence-electron chi connectivity index (χ3n) is 5.51. The number of amides is 2. The van der Waals surface area contributed by atoms with Crippen LogP contribution in [0.1, 0.15) is 16.7 Å². The molecule has 3 N–H and O–H groups in total. The average Bonchev–Trinajstić information content (AvgIpc) is 2.74. The second-order valence-corrected chi connectivity index (χ2v) is 8.10. The molecule has 0 aliphatic heterocycles. The summed E-state index contributed by atoms with van der Waals surface area (Å²) in [5.74, 6) is 0.587. The van der Waals surface area contributed by atoms with Crippen LogP contribution in [0.5, 0.6) is 5.75 Å². The van der Waals surface area contributed by atoms with Crippen molar-refractivity contribution in [3.05, 3.63) is 69.5 Å². The molecular weight excluding hydrogens is 392 g/mol. The molecule has 1 heterocycles. The van der Waals surface area contributed by atoms with Gasteiger partial charge in [-0.3, -0.25) is 4.79 Å². The minimum atomic E-state index is -0.273. The lowest BCUT2D eigenvalue weighted by atomic mass is 10.0. The Kier molecular flexibility index (Phi) is 6.97. The third kappa shape index (κ3) is 5.24. The second kappa shape index (κ2) is 9.66. The molecule has 2 aromatic carbocycles. The van der Waals surface area contributed by atoms with Crippen molar-refractivity contribution in [3.63, 3.8) is 0 Å². The van der Waals surface area contributed by atoms with E-state index in [-0.39, 0.29) is 18.1 Å². The van der Waals surface area contributed by atoms with Crippen LogP contribution in [-0.4, -0.2) is 50.2 Å². The summed E-state index contributed by atoms with van der Waals surface area (Å²) >= 11 is 0. The standard InChI is InChI=1S/C24H30N4O3/c1-16-10-11-18-14-19(23(29)26-22(18)17(16)2)15-28(13-12-27(3)4)24(30)25-20-8-6-7-9-21(20)31-5/h6-11,14H,12-13,15H2,1-5H3,(H,25,30)(H,26,29)/p+1. The summed E-state index contributed by atoms with van der Waals surface area (Å²) in [6.45, 7) is 5.50. The SMILES string of the molecule is COc1ccccc1NC(=O)N(CC[NH+](C)C)Cc1cc2ccc(C)c(C)c2[nH]c1=O. The van der Waals surface area contributed by atoms with Crippen molar-refractivity contribution in [3.8, 4) is 5.75 Å². The first-order valence-electron chi connectivity index (χ1n) is 10.4. The van der Waals surface area contributed by atoms with Gasteiger partial charge in [-0.25, -0.2) is 4.79 Å². The Morgan fingerprint density at radius 1 is 1.16 bits per heavy atom. The molecule has 164 valence electrons. The van der Waals surface area contributed by atoms with E-state index < -0.39 is 0 Å². The van der Waals surface area contributed by atoms with Gasteiger partial charge in [-0.05, 0) is 48.6 Å². The van der Waals surface area contributed by atoms with E-state index in [1.54, 1.807) is 24.1 Å². The summed E-state index contributed by atoms with van der Waals surface area (Å²) in [4.78, 5) is 31.8. The molecule has 0 bridgehead atoms. The Labute approximate surface area is 182 Å². The highest BCUT2D eigenvalue weighted by atomic mass is 16.5. The average molecular weight is 424 g/mol. The van der Waals surface area contributed by atoms with E-state index in [1.807, 2.05) is 58.3 Å². The van der Waals surface area contributed by atoms with E-state index in [9.17, 15) is 9.59 Å². The molecule has 0 aliphatic rings. The number of likely N-dealkylation sites (N-methyl/N-ethyl adjacent to an activating group) is 1. The maximum Gasteiger partial charge on any atom is 0.322 e. The summed E-state index contributed by atoms with van der Waals surface area (Å²) in [6.07, 6.45) is 0. The topological polar surface area (TPSA) is 78.9 Å². The number of aromatic nitrogens is 1. The molecule has 0 radical (unpaired) electrons. The van der Waals surface area contributed by atoms with Crippen LogP contribution < -0.4 is 20.5 Å². The molecular formula is C24H31N4O3+. The molecule has 0 atom stereocenters. The quantitative estimate of drug-likeness (QED) is 0.546.